The number of hydrogen-bond donors (Lipinski definition) is 2. The van der Waals surface area contributed by atoms with Crippen LogP contribution in [0.25, 0.3) is 0 Å². The normalized spacial score (nSPS) is 13.0. The lowest BCUT2D eigenvalue weighted by Gasteiger charge is -2.28. The molecule has 1 aromatic carbocycles. The van der Waals surface area contributed by atoms with Gasteiger partial charge in [0.1, 0.15) is 6.04 Å². The quantitative estimate of drug-likeness (QED) is 0.257. The highest BCUT2D eigenvalue weighted by atomic mass is 35.5. The van der Waals surface area contributed by atoms with Gasteiger partial charge in [-0.15, -0.1) is 12.4 Å². The number of carbonyl (C=O) groups excluding carboxylic acids is 3. The Morgan fingerprint density at radius 1 is 0.912 bits per heavy atom. The van der Waals surface area contributed by atoms with Crippen LogP contribution in [0.2, 0.25) is 0 Å². The number of hydrogen-bond acceptors (Lipinski definition) is 10. The first-order valence-electron chi connectivity index (χ1n) is 10.5. The first-order chi connectivity index (χ1) is 15.5. The van der Waals surface area contributed by atoms with Crippen molar-refractivity contribution in [3.8, 4) is 11.5 Å². The van der Waals surface area contributed by atoms with E-state index < -0.39 is 42.1 Å². The second-order valence-electron chi connectivity index (χ2n) is 7.43. The van der Waals surface area contributed by atoms with E-state index in [1.807, 2.05) is 0 Å². The van der Waals surface area contributed by atoms with Gasteiger partial charge in [-0.05, 0) is 37.5 Å². The Morgan fingerprint density at radius 2 is 1.44 bits per heavy atom. The summed E-state index contributed by atoms with van der Waals surface area (Å²) in [6, 6.07) is 2.74. The van der Waals surface area contributed by atoms with Gasteiger partial charge in [-0.2, -0.15) is 0 Å². The number of nitrogens with two attached hydrogens (primary N) is 1. The Bertz CT molecular complexity index is 845. The number of ether oxygens (including phenoxy) is 5. The van der Waals surface area contributed by atoms with Crippen molar-refractivity contribution in [2.24, 2.45) is 17.6 Å². The summed E-state index contributed by atoms with van der Waals surface area (Å²) in [5, 5.41) is 9.52. The van der Waals surface area contributed by atoms with Crippen molar-refractivity contribution >= 4 is 36.7 Å². The minimum Gasteiger partial charge on any atom is -0.480 e. The Morgan fingerprint density at radius 3 is 1.91 bits per heavy atom. The average molecular weight is 506 g/mol. The molecule has 12 heteroatoms. The van der Waals surface area contributed by atoms with Crippen LogP contribution >= 0.6 is 12.4 Å². The van der Waals surface area contributed by atoms with Crippen molar-refractivity contribution in [1.82, 2.24) is 0 Å². The molecule has 3 atom stereocenters. The molecule has 0 aliphatic carbocycles. The van der Waals surface area contributed by atoms with E-state index in [2.05, 4.69) is 0 Å². The topological polar surface area (TPSA) is 161 Å². The molecule has 0 radical (unpaired) electrons. The second-order valence-corrected chi connectivity index (χ2v) is 7.43. The molecule has 11 nitrogen and oxygen atoms in total. The molecule has 1 rings (SSSR count). The molecule has 0 bridgehead atoms. The molecule has 1 unspecified atom stereocenters. The molecule has 192 valence electrons. The van der Waals surface area contributed by atoms with Crippen LogP contribution < -0.4 is 15.2 Å². The van der Waals surface area contributed by atoms with Crippen molar-refractivity contribution in [1.29, 1.82) is 0 Å². The molecular weight excluding hydrogens is 474 g/mol. The minimum absolute atomic E-state index is 0. The SMILES string of the molecule is CCOC(=O)Oc1ccc(C([C@H](N)C(=O)O)[C@@H](C)COC(=O)C(C)C)cc1OC(=O)OCC.Cl. The molecule has 1 aromatic rings. The predicted octanol–water partition coefficient (Wildman–Crippen LogP) is 3.51. The van der Waals surface area contributed by atoms with Crippen LogP contribution in [0.3, 0.4) is 0 Å². The van der Waals surface area contributed by atoms with E-state index >= 15 is 0 Å². The molecule has 0 saturated carbocycles. The van der Waals surface area contributed by atoms with Gasteiger partial charge < -0.3 is 34.5 Å². The molecule has 0 spiro atoms. The summed E-state index contributed by atoms with van der Waals surface area (Å²) in [5.41, 5.74) is 6.29. The van der Waals surface area contributed by atoms with E-state index in [-0.39, 0.29) is 49.6 Å². The first kappa shape index (κ1) is 30.9. The van der Waals surface area contributed by atoms with E-state index in [0.717, 1.165) is 0 Å². The number of benzene rings is 1. The van der Waals surface area contributed by atoms with Crippen LogP contribution in [0.5, 0.6) is 11.5 Å². The summed E-state index contributed by atoms with van der Waals surface area (Å²) in [6.45, 7) is 8.21. The van der Waals surface area contributed by atoms with Gasteiger partial charge >= 0.3 is 24.2 Å². The number of halogens is 1. The largest absolute Gasteiger partial charge is 0.513 e. The van der Waals surface area contributed by atoms with Crippen LogP contribution in [0.4, 0.5) is 9.59 Å². The van der Waals surface area contributed by atoms with Gasteiger partial charge in [0.15, 0.2) is 11.5 Å². The monoisotopic (exact) mass is 505 g/mol. The summed E-state index contributed by atoms with van der Waals surface area (Å²) in [5.74, 6) is -3.78. The minimum atomic E-state index is -1.37. The van der Waals surface area contributed by atoms with Gasteiger partial charge in [-0.1, -0.05) is 26.8 Å². The van der Waals surface area contributed by atoms with Crippen molar-refractivity contribution in [2.75, 3.05) is 19.8 Å². The summed E-state index contributed by atoms with van der Waals surface area (Å²) >= 11 is 0. The lowest BCUT2D eigenvalue weighted by atomic mass is 9.82. The summed E-state index contributed by atoms with van der Waals surface area (Å²) in [7, 11) is 0. The molecule has 3 N–H and O–H groups in total. The number of esters is 1. The lowest BCUT2D eigenvalue weighted by Crippen LogP contribution is -2.40. The van der Waals surface area contributed by atoms with Gasteiger partial charge in [-0.25, -0.2) is 9.59 Å². The fourth-order valence-electron chi connectivity index (χ4n) is 2.90. The highest BCUT2D eigenvalue weighted by Gasteiger charge is 2.33. The van der Waals surface area contributed by atoms with Crippen LogP contribution in [0.15, 0.2) is 18.2 Å². The molecule has 0 aliphatic rings. The molecule has 0 heterocycles. The lowest BCUT2D eigenvalue weighted by molar-refractivity contribution is -0.149. The maximum Gasteiger partial charge on any atom is 0.513 e. The molecule has 0 saturated heterocycles. The van der Waals surface area contributed by atoms with Crippen molar-refractivity contribution in [2.45, 2.75) is 46.6 Å². The van der Waals surface area contributed by atoms with Crippen LogP contribution in [0, 0.1) is 11.8 Å². The highest BCUT2D eigenvalue weighted by molar-refractivity contribution is 5.85. The standard InChI is InChI=1S/C22H31NO10.ClH/c1-6-29-21(27)32-15-9-8-14(10-16(15)33-22(28)30-7-2)17(18(23)19(24)25)13(5)11-31-20(26)12(3)4;/h8-10,12-13,17-18H,6-7,11,23H2,1-5H3,(H,24,25);1H/t13-,17?,18-;/m0./s1. The number of carboxylic acid groups (broad SMARTS) is 1. The Balaban J connectivity index is 0.0000109. The Labute approximate surface area is 204 Å². The second kappa shape index (κ2) is 15.0. The molecule has 0 aliphatic heterocycles. The van der Waals surface area contributed by atoms with Gasteiger partial charge in [-0.3, -0.25) is 9.59 Å². The summed E-state index contributed by atoms with van der Waals surface area (Å²) in [6.07, 6.45) is -2.08. The van der Waals surface area contributed by atoms with E-state index in [0.29, 0.717) is 5.56 Å². The van der Waals surface area contributed by atoms with E-state index in [1.165, 1.54) is 18.2 Å². The van der Waals surface area contributed by atoms with E-state index in [9.17, 15) is 24.3 Å². The molecule has 0 fully saturated rings. The number of carboxylic acids is 1. The maximum absolute atomic E-state index is 11.9. The third kappa shape index (κ3) is 9.44. The Hall–Kier alpha value is -3.05. The third-order valence-electron chi connectivity index (χ3n) is 4.51. The number of carbonyl (C=O) groups is 4. The zero-order valence-corrected chi connectivity index (χ0v) is 20.6. The number of rotatable bonds is 11. The molecule has 0 aromatic heterocycles. The van der Waals surface area contributed by atoms with Crippen molar-refractivity contribution in [3.63, 3.8) is 0 Å². The van der Waals surface area contributed by atoms with E-state index in [4.69, 9.17) is 29.4 Å². The van der Waals surface area contributed by atoms with Crippen LogP contribution in [-0.4, -0.2) is 55.2 Å². The van der Waals surface area contributed by atoms with Gasteiger partial charge in [0, 0.05) is 5.92 Å². The Kier molecular flexibility index (Phi) is 13.6. The van der Waals surface area contributed by atoms with Gasteiger partial charge in [0.05, 0.1) is 25.7 Å². The fraction of sp³-hybridized carbons (Fsp3) is 0.545. The molecule has 0 amide bonds. The number of aliphatic carboxylic acids is 1. The predicted molar refractivity (Wildman–Crippen MR) is 122 cm³/mol. The third-order valence-corrected chi connectivity index (χ3v) is 4.51. The van der Waals surface area contributed by atoms with E-state index in [1.54, 1.807) is 34.6 Å². The fourth-order valence-corrected chi connectivity index (χ4v) is 2.90. The zero-order valence-electron chi connectivity index (χ0n) is 19.8. The molecule has 34 heavy (non-hydrogen) atoms. The van der Waals surface area contributed by atoms with Crippen molar-refractivity contribution < 1.29 is 48.0 Å². The highest BCUT2D eigenvalue weighted by Crippen LogP contribution is 2.36. The molecular formula is C22H32ClNO10. The maximum atomic E-state index is 11.9. The van der Waals surface area contributed by atoms with Crippen LogP contribution in [0.1, 0.15) is 46.1 Å². The summed E-state index contributed by atoms with van der Waals surface area (Å²) < 4.78 is 24.9. The van der Waals surface area contributed by atoms with Crippen LogP contribution in [-0.2, 0) is 23.8 Å². The van der Waals surface area contributed by atoms with Crippen molar-refractivity contribution in [3.05, 3.63) is 23.8 Å². The first-order valence-corrected chi connectivity index (χ1v) is 10.5. The average Bonchev–Trinajstić information content (AvgIpc) is 2.73. The summed E-state index contributed by atoms with van der Waals surface area (Å²) in [4.78, 5) is 47.1. The smallest absolute Gasteiger partial charge is 0.480 e. The van der Waals surface area contributed by atoms with Gasteiger partial charge in [0.25, 0.3) is 0 Å². The van der Waals surface area contributed by atoms with Gasteiger partial charge in [0.2, 0.25) is 0 Å². The zero-order chi connectivity index (χ0) is 25.1.